The van der Waals surface area contributed by atoms with E-state index in [1.54, 1.807) is 29.9 Å². The fourth-order valence-electron chi connectivity index (χ4n) is 3.63. The van der Waals surface area contributed by atoms with Crippen molar-refractivity contribution in [2.24, 2.45) is 12.8 Å². The number of alkyl halides is 2. The van der Waals surface area contributed by atoms with Gasteiger partial charge in [0.15, 0.2) is 5.82 Å². The normalized spacial score (nSPS) is 11.5. The smallest absolute Gasteiger partial charge is 0.355 e. The molecule has 0 fully saturated rings. The van der Waals surface area contributed by atoms with Gasteiger partial charge in [0.25, 0.3) is 15.9 Å². The van der Waals surface area contributed by atoms with Crippen molar-refractivity contribution in [3.63, 3.8) is 0 Å². The molecule has 0 saturated heterocycles. The molecule has 2 aromatic heterocycles. The van der Waals surface area contributed by atoms with Gasteiger partial charge in [0.1, 0.15) is 28.6 Å². The summed E-state index contributed by atoms with van der Waals surface area (Å²) < 4.78 is 72.1. The average Bonchev–Trinajstić information content (AvgIpc) is 3.43. The largest absolute Gasteiger partial charge is 0.491 e. The van der Waals surface area contributed by atoms with Crippen molar-refractivity contribution < 1.29 is 31.1 Å². The number of nitrogens with two attached hydrogens (primary N) is 1. The minimum atomic E-state index is -5.01. The molecule has 4 aromatic rings. The zero-order valence-electron chi connectivity index (χ0n) is 20.7. The van der Waals surface area contributed by atoms with Crippen LogP contribution < -0.4 is 20.5 Å². The summed E-state index contributed by atoms with van der Waals surface area (Å²) in [6.07, 6.45) is 0.304. The zero-order chi connectivity index (χ0) is 28.3. The number of nitrogens with zero attached hydrogens (tertiary/aromatic N) is 3. The van der Waals surface area contributed by atoms with Crippen LogP contribution in [0.5, 0.6) is 5.75 Å². The first-order chi connectivity index (χ1) is 18.4. The minimum Gasteiger partial charge on any atom is -0.491 e. The van der Waals surface area contributed by atoms with E-state index in [0.717, 1.165) is 11.3 Å². The Morgan fingerprint density at radius 3 is 2.51 bits per heavy atom. The highest BCUT2D eigenvalue weighted by Gasteiger charge is 2.26. The van der Waals surface area contributed by atoms with E-state index in [2.05, 4.69) is 20.6 Å². The summed E-state index contributed by atoms with van der Waals surface area (Å²) in [5.41, 5.74) is 7.32. The fourth-order valence-corrected chi connectivity index (χ4v) is 4.20. The third-order valence-electron chi connectivity index (χ3n) is 5.68. The van der Waals surface area contributed by atoms with Gasteiger partial charge in [-0.2, -0.15) is 19.0 Å². The molecular formula is C24H24F3N7O4S. The highest BCUT2D eigenvalue weighted by molar-refractivity contribution is 7.93. The number of sulfonamides is 1. The Hall–Kier alpha value is -4.53. The van der Waals surface area contributed by atoms with Gasteiger partial charge in [0.05, 0.1) is 12.3 Å². The van der Waals surface area contributed by atoms with Crippen molar-refractivity contribution in [3.8, 4) is 17.0 Å². The summed E-state index contributed by atoms with van der Waals surface area (Å²) in [6.45, 7) is 1.83. The number of nitrogens with one attached hydrogen (secondary N) is 3. The van der Waals surface area contributed by atoms with Gasteiger partial charge in [-0.15, -0.1) is 0 Å². The van der Waals surface area contributed by atoms with Crippen molar-refractivity contribution in [2.45, 2.75) is 19.1 Å². The van der Waals surface area contributed by atoms with Crippen LogP contribution in [-0.4, -0.2) is 46.7 Å². The van der Waals surface area contributed by atoms with Gasteiger partial charge in [-0.25, -0.2) is 12.8 Å². The maximum Gasteiger partial charge on any atom is 0.355 e. The van der Waals surface area contributed by atoms with Crippen LogP contribution in [0.3, 0.4) is 0 Å². The summed E-state index contributed by atoms with van der Waals surface area (Å²) in [6, 6.07) is 11.3. The van der Waals surface area contributed by atoms with E-state index in [-0.39, 0.29) is 40.7 Å². The molecule has 0 unspecified atom stereocenters. The van der Waals surface area contributed by atoms with Crippen LogP contribution in [0.1, 0.15) is 21.6 Å². The Bertz CT molecular complexity index is 1580. The van der Waals surface area contributed by atoms with E-state index >= 15 is 0 Å². The number of carbonyl (C=O) groups is 1. The highest BCUT2D eigenvalue weighted by Crippen LogP contribution is 2.35. The van der Waals surface area contributed by atoms with Crippen molar-refractivity contribution in [1.82, 2.24) is 20.0 Å². The molecule has 0 saturated carbocycles. The summed E-state index contributed by atoms with van der Waals surface area (Å²) in [7, 11) is -3.26. The number of rotatable bonds is 11. The van der Waals surface area contributed by atoms with Crippen LogP contribution in [0.4, 0.5) is 30.5 Å². The highest BCUT2D eigenvalue weighted by atomic mass is 32.2. The number of halogens is 3. The molecule has 4 rings (SSSR count). The maximum atomic E-state index is 13.2. The molecule has 5 N–H and O–H groups in total. The first-order valence-electron chi connectivity index (χ1n) is 11.4. The Kier molecular flexibility index (Phi) is 7.80. The van der Waals surface area contributed by atoms with E-state index < -0.39 is 27.5 Å². The van der Waals surface area contributed by atoms with Gasteiger partial charge < -0.3 is 15.8 Å². The second-order valence-electron chi connectivity index (χ2n) is 8.45. The van der Waals surface area contributed by atoms with E-state index in [1.165, 1.54) is 30.3 Å². The van der Waals surface area contributed by atoms with E-state index in [9.17, 15) is 26.4 Å². The van der Waals surface area contributed by atoms with E-state index in [1.807, 2.05) is 11.6 Å². The molecule has 39 heavy (non-hydrogen) atoms. The lowest BCUT2D eigenvalue weighted by Gasteiger charge is -2.15. The summed E-state index contributed by atoms with van der Waals surface area (Å²) in [4.78, 5) is 12.4. The standard InChI is InChI=1S/C24H24F3N7O4S/c1-13-11-19(32-34(13)2)29-23-20(22(28)35)21(30-31-23)15-5-8-17(33-39(36,37)24(26)27)18(12-15)38-10-9-14-3-6-16(25)7-4-14/h3-8,11-12,24,33H,9-10H2,1-2H3,(H2,28,35)(H2,29,30,31,32). The minimum absolute atomic E-state index is 0.00638. The molecule has 0 aliphatic rings. The molecule has 0 aliphatic carbocycles. The van der Waals surface area contributed by atoms with Crippen LogP contribution in [0.25, 0.3) is 11.3 Å². The molecule has 2 heterocycles. The van der Waals surface area contributed by atoms with Crippen LogP contribution in [0.2, 0.25) is 0 Å². The summed E-state index contributed by atoms with van der Waals surface area (Å²) >= 11 is 0. The number of anilines is 3. The third kappa shape index (κ3) is 6.31. The fraction of sp³-hybridized carbons (Fsp3) is 0.208. The molecular weight excluding hydrogens is 539 g/mol. The molecule has 206 valence electrons. The topological polar surface area (TPSA) is 157 Å². The number of amides is 1. The number of ether oxygens (including phenoxy) is 1. The first-order valence-corrected chi connectivity index (χ1v) is 13.0. The van der Waals surface area contributed by atoms with Gasteiger partial charge in [-0.1, -0.05) is 18.2 Å². The van der Waals surface area contributed by atoms with Gasteiger partial charge in [0.2, 0.25) is 0 Å². The quantitative estimate of drug-likeness (QED) is 0.217. The predicted molar refractivity (Wildman–Crippen MR) is 138 cm³/mol. The van der Waals surface area contributed by atoms with Gasteiger partial charge >= 0.3 is 5.76 Å². The Morgan fingerprint density at radius 1 is 1.18 bits per heavy atom. The van der Waals surface area contributed by atoms with Crippen LogP contribution in [0, 0.1) is 12.7 Å². The number of aromatic nitrogens is 4. The average molecular weight is 564 g/mol. The SMILES string of the molecule is Cc1cc(Nc2[nH]nc(-c3ccc(NS(=O)(=O)C(F)F)c(OCCc4ccc(F)cc4)c3)c2C(N)=O)nn1C. The number of primary amides is 1. The molecule has 0 aliphatic heterocycles. The van der Waals surface area contributed by atoms with Gasteiger partial charge in [-0.3, -0.25) is 19.3 Å². The number of carbonyl (C=O) groups excluding carboxylic acids is 1. The van der Waals surface area contributed by atoms with Crippen molar-refractivity contribution in [2.75, 3.05) is 16.6 Å². The van der Waals surface area contributed by atoms with Gasteiger partial charge in [-0.05, 0) is 36.8 Å². The van der Waals surface area contributed by atoms with Crippen LogP contribution >= 0.6 is 0 Å². The summed E-state index contributed by atoms with van der Waals surface area (Å²) in [5, 5.41) is 14.1. The summed E-state index contributed by atoms with van der Waals surface area (Å²) in [5.74, 6) is -4.43. The maximum absolute atomic E-state index is 13.2. The number of hydrogen-bond acceptors (Lipinski definition) is 7. The van der Waals surface area contributed by atoms with Gasteiger partial charge in [0, 0.05) is 30.8 Å². The lowest BCUT2D eigenvalue weighted by molar-refractivity contribution is 0.100. The van der Waals surface area contributed by atoms with Crippen molar-refractivity contribution in [1.29, 1.82) is 0 Å². The lowest BCUT2D eigenvalue weighted by atomic mass is 10.1. The number of H-pyrrole nitrogens is 1. The van der Waals surface area contributed by atoms with Crippen molar-refractivity contribution in [3.05, 3.63) is 71.2 Å². The third-order valence-corrected chi connectivity index (χ3v) is 6.66. The number of benzene rings is 2. The number of aryl methyl sites for hydroxylation is 2. The Morgan fingerprint density at radius 2 is 1.90 bits per heavy atom. The number of hydrogen-bond donors (Lipinski definition) is 4. The van der Waals surface area contributed by atoms with Crippen molar-refractivity contribution >= 4 is 33.3 Å². The molecule has 0 atom stereocenters. The van der Waals surface area contributed by atoms with Crippen LogP contribution in [-0.2, 0) is 23.5 Å². The molecule has 2 aromatic carbocycles. The monoisotopic (exact) mass is 563 g/mol. The molecule has 0 spiro atoms. The number of aromatic amines is 1. The first kappa shape index (κ1) is 27.5. The predicted octanol–water partition coefficient (Wildman–Crippen LogP) is 3.69. The zero-order valence-corrected chi connectivity index (χ0v) is 21.5. The molecule has 0 radical (unpaired) electrons. The van der Waals surface area contributed by atoms with Crippen LogP contribution in [0.15, 0.2) is 48.5 Å². The van der Waals surface area contributed by atoms with E-state index in [0.29, 0.717) is 12.2 Å². The molecule has 0 bridgehead atoms. The molecule has 1 amide bonds. The molecule has 15 heteroatoms. The second-order valence-corrected chi connectivity index (χ2v) is 10.1. The second kappa shape index (κ2) is 11.1. The van der Waals surface area contributed by atoms with E-state index in [4.69, 9.17) is 10.5 Å². The molecule has 11 nitrogen and oxygen atoms in total. The Labute approximate surface area is 221 Å². The lowest BCUT2D eigenvalue weighted by Crippen LogP contribution is -2.21. The Balaban J connectivity index is 1.67.